The summed E-state index contributed by atoms with van der Waals surface area (Å²) in [4.78, 5) is 20.9. The number of rotatable bonds is 1. The fourth-order valence-corrected chi connectivity index (χ4v) is 0.620. The maximum absolute atomic E-state index is 10.5. The fourth-order valence-electron chi connectivity index (χ4n) is 0.620. The summed E-state index contributed by atoms with van der Waals surface area (Å²) in [6, 6.07) is 0. The summed E-state index contributed by atoms with van der Waals surface area (Å²) in [5.74, 6) is -1.23. The lowest BCUT2D eigenvalue weighted by molar-refractivity contribution is -0.154. The van der Waals surface area contributed by atoms with Gasteiger partial charge in [-0.05, 0) is 0 Å². The molecule has 0 bridgehead atoms. The molecular formula is C5H7NO3. The predicted molar refractivity (Wildman–Crippen MR) is 28.5 cm³/mol. The van der Waals surface area contributed by atoms with Crippen LogP contribution in [0.5, 0.6) is 0 Å². The highest BCUT2D eigenvalue weighted by atomic mass is 16.5. The van der Waals surface area contributed by atoms with Crippen molar-refractivity contribution in [1.29, 1.82) is 0 Å². The lowest BCUT2D eigenvalue weighted by Gasteiger charge is -2.22. The van der Waals surface area contributed by atoms with E-state index in [-0.39, 0.29) is 5.91 Å². The summed E-state index contributed by atoms with van der Waals surface area (Å²) in [5, 5.41) is 2.43. The lowest BCUT2D eigenvalue weighted by atomic mass is 10.0. The molecule has 0 spiro atoms. The van der Waals surface area contributed by atoms with E-state index in [0.29, 0.717) is 6.54 Å². The quantitative estimate of drug-likeness (QED) is 0.278. The van der Waals surface area contributed by atoms with Gasteiger partial charge in [-0.2, -0.15) is 0 Å². The molecule has 4 heteroatoms. The molecule has 0 aliphatic carbocycles. The number of hydrogen-bond donors (Lipinski definition) is 1. The number of methoxy groups -OCH3 is 1. The molecule has 1 amide bonds. The topological polar surface area (TPSA) is 55.4 Å². The minimum absolute atomic E-state index is 0.234. The summed E-state index contributed by atoms with van der Waals surface area (Å²) >= 11 is 0. The van der Waals surface area contributed by atoms with Crippen LogP contribution in [-0.2, 0) is 14.3 Å². The summed E-state index contributed by atoms with van der Waals surface area (Å²) in [7, 11) is 1.27. The Labute approximate surface area is 52.2 Å². The van der Waals surface area contributed by atoms with E-state index in [4.69, 9.17) is 0 Å². The average Bonchev–Trinajstić information content (AvgIpc) is 1.84. The molecule has 0 saturated carbocycles. The van der Waals surface area contributed by atoms with Crippen LogP contribution in [0, 0.1) is 5.92 Å². The molecule has 0 radical (unpaired) electrons. The first-order valence-electron chi connectivity index (χ1n) is 2.61. The summed E-state index contributed by atoms with van der Waals surface area (Å²) < 4.78 is 4.32. The summed E-state index contributed by atoms with van der Waals surface area (Å²) in [6.07, 6.45) is 0. The number of amides is 1. The molecule has 0 aromatic carbocycles. The molecule has 1 fully saturated rings. The van der Waals surface area contributed by atoms with Crippen molar-refractivity contribution in [3.05, 3.63) is 0 Å². The molecule has 1 N–H and O–H groups in total. The second-order valence-corrected chi connectivity index (χ2v) is 1.82. The number of β-lactam (4-membered cyclic amide) rings is 1. The summed E-state index contributed by atoms with van der Waals surface area (Å²) in [5.41, 5.74) is 0. The minimum atomic E-state index is -0.546. The Bertz CT molecular complexity index is 154. The molecule has 1 heterocycles. The van der Waals surface area contributed by atoms with Gasteiger partial charge >= 0.3 is 5.97 Å². The second kappa shape index (κ2) is 2.05. The Morgan fingerprint density at radius 3 is 2.67 bits per heavy atom. The van der Waals surface area contributed by atoms with Gasteiger partial charge in [-0.1, -0.05) is 0 Å². The second-order valence-electron chi connectivity index (χ2n) is 1.82. The van der Waals surface area contributed by atoms with Gasteiger partial charge in [0.25, 0.3) is 0 Å². The van der Waals surface area contributed by atoms with Crippen LogP contribution >= 0.6 is 0 Å². The molecule has 0 aromatic rings. The minimum Gasteiger partial charge on any atom is -0.468 e. The van der Waals surface area contributed by atoms with Crippen LogP contribution in [0.1, 0.15) is 0 Å². The third kappa shape index (κ3) is 0.872. The Hall–Kier alpha value is -1.06. The van der Waals surface area contributed by atoms with Gasteiger partial charge in [0.05, 0.1) is 7.11 Å². The number of carbonyl (C=O) groups excluding carboxylic acids is 2. The molecule has 1 saturated heterocycles. The number of nitrogens with one attached hydrogen (secondary N) is 1. The molecular weight excluding hydrogens is 122 g/mol. The first-order valence-corrected chi connectivity index (χ1v) is 2.61. The first kappa shape index (κ1) is 6.07. The van der Waals surface area contributed by atoms with E-state index in [9.17, 15) is 9.59 Å². The zero-order valence-corrected chi connectivity index (χ0v) is 5.01. The van der Waals surface area contributed by atoms with Crippen LogP contribution < -0.4 is 5.32 Å². The SMILES string of the molecule is COC(=O)C1CNC1=O. The van der Waals surface area contributed by atoms with Gasteiger partial charge < -0.3 is 10.1 Å². The highest BCUT2D eigenvalue weighted by Gasteiger charge is 2.35. The van der Waals surface area contributed by atoms with E-state index in [1.54, 1.807) is 0 Å². The summed E-state index contributed by atoms with van der Waals surface area (Å²) in [6.45, 7) is 0.422. The van der Waals surface area contributed by atoms with Gasteiger partial charge in [-0.15, -0.1) is 0 Å². The van der Waals surface area contributed by atoms with E-state index in [2.05, 4.69) is 10.1 Å². The first-order chi connectivity index (χ1) is 4.25. The molecule has 1 aliphatic heterocycles. The smallest absolute Gasteiger partial charge is 0.320 e. The van der Waals surface area contributed by atoms with E-state index >= 15 is 0 Å². The highest BCUT2D eigenvalue weighted by Crippen LogP contribution is 2.05. The number of ether oxygens (including phenoxy) is 1. The van der Waals surface area contributed by atoms with E-state index in [1.165, 1.54) is 7.11 Å². The van der Waals surface area contributed by atoms with Gasteiger partial charge in [0.2, 0.25) is 5.91 Å². The van der Waals surface area contributed by atoms with Crippen molar-refractivity contribution in [2.75, 3.05) is 13.7 Å². The monoisotopic (exact) mass is 129 g/mol. The van der Waals surface area contributed by atoms with E-state index in [0.717, 1.165) is 0 Å². The Kier molecular flexibility index (Phi) is 1.38. The average molecular weight is 129 g/mol. The third-order valence-electron chi connectivity index (χ3n) is 1.28. The van der Waals surface area contributed by atoms with Gasteiger partial charge in [0.15, 0.2) is 5.92 Å². The highest BCUT2D eigenvalue weighted by molar-refractivity contribution is 6.02. The van der Waals surface area contributed by atoms with Gasteiger partial charge in [-0.3, -0.25) is 9.59 Å². The van der Waals surface area contributed by atoms with Crippen molar-refractivity contribution >= 4 is 11.9 Å². The molecule has 1 atom stereocenters. The fraction of sp³-hybridized carbons (Fsp3) is 0.600. The molecule has 1 unspecified atom stereocenters. The number of esters is 1. The van der Waals surface area contributed by atoms with Crippen LogP contribution in [0.25, 0.3) is 0 Å². The van der Waals surface area contributed by atoms with Crippen LogP contribution in [0.15, 0.2) is 0 Å². The standard InChI is InChI=1S/C5H7NO3/c1-9-5(8)3-2-6-4(3)7/h3H,2H2,1H3,(H,6,7). The molecule has 0 aromatic heterocycles. The third-order valence-corrected chi connectivity index (χ3v) is 1.28. The normalized spacial score (nSPS) is 24.1. The molecule has 1 rings (SSSR count). The molecule has 50 valence electrons. The maximum Gasteiger partial charge on any atom is 0.320 e. The van der Waals surface area contributed by atoms with Crippen molar-refractivity contribution in [1.82, 2.24) is 5.32 Å². The van der Waals surface area contributed by atoms with Crippen molar-refractivity contribution in [2.24, 2.45) is 5.92 Å². The van der Waals surface area contributed by atoms with E-state index < -0.39 is 11.9 Å². The van der Waals surface area contributed by atoms with Crippen molar-refractivity contribution in [2.45, 2.75) is 0 Å². The van der Waals surface area contributed by atoms with E-state index in [1.807, 2.05) is 0 Å². The lowest BCUT2D eigenvalue weighted by Crippen LogP contribution is -2.52. The Balaban J connectivity index is 2.44. The van der Waals surface area contributed by atoms with Crippen LogP contribution in [-0.4, -0.2) is 25.5 Å². The zero-order chi connectivity index (χ0) is 6.85. The van der Waals surface area contributed by atoms with Crippen LogP contribution in [0.4, 0.5) is 0 Å². The number of hydrogen-bond acceptors (Lipinski definition) is 3. The van der Waals surface area contributed by atoms with Gasteiger partial charge in [0, 0.05) is 6.54 Å². The van der Waals surface area contributed by atoms with Gasteiger partial charge in [0.1, 0.15) is 0 Å². The van der Waals surface area contributed by atoms with Crippen LogP contribution in [0.3, 0.4) is 0 Å². The van der Waals surface area contributed by atoms with Crippen molar-refractivity contribution in [3.63, 3.8) is 0 Å². The zero-order valence-electron chi connectivity index (χ0n) is 5.01. The Morgan fingerprint density at radius 2 is 2.56 bits per heavy atom. The van der Waals surface area contributed by atoms with Crippen molar-refractivity contribution < 1.29 is 14.3 Å². The number of carbonyl (C=O) groups is 2. The van der Waals surface area contributed by atoms with Crippen LogP contribution in [0.2, 0.25) is 0 Å². The van der Waals surface area contributed by atoms with Gasteiger partial charge in [-0.25, -0.2) is 0 Å². The largest absolute Gasteiger partial charge is 0.468 e. The molecule has 9 heavy (non-hydrogen) atoms. The van der Waals surface area contributed by atoms with Crippen molar-refractivity contribution in [3.8, 4) is 0 Å². The molecule has 1 aliphatic rings. The molecule has 4 nitrogen and oxygen atoms in total. The predicted octanol–water partition coefficient (Wildman–Crippen LogP) is -1.09. The Morgan fingerprint density at radius 1 is 1.89 bits per heavy atom. The maximum atomic E-state index is 10.5.